The molecule has 0 fully saturated rings. The minimum absolute atomic E-state index is 0.0543. The standard InChI is InChI=1S/C20H25NO.C8H10/c1-3-4-5-6-7-17-10-12-18(13-11-17)20(22)21-19-14-8-16(2)9-15-19;1-7-3-5-8(2)6-4-7/h8-15H,3-7H2,1-2H3,(H,21,22);3-6H,1-2H3. The molecule has 0 spiro atoms. The number of amides is 1. The molecule has 1 N–H and O–H groups in total. The van der Waals surface area contributed by atoms with Crippen LogP contribution in [-0.2, 0) is 6.42 Å². The maximum atomic E-state index is 12.2. The van der Waals surface area contributed by atoms with Crippen LogP contribution in [0.4, 0.5) is 5.69 Å². The highest BCUT2D eigenvalue weighted by Gasteiger charge is 2.06. The second kappa shape index (κ2) is 12.6. The molecule has 3 aromatic carbocycles. The molecular weight excluding hydrogens is 366 g/mol. The van der Waals surface area contributed by atoms with Crippen LogP contribution in [0.1, 0.15) is 65.2 Å². The Kier molecular flexibility index (Phi) is 9.86. The summed E-state index contributed by atoms with van der Waals surface area (Å²) in [4.78, 5) is 12.2. The average molecular weight is 402 g/mol. The van der Waals surface area contributed by atoms with Gasteiger partial charge in [-0.2, -0.15) is 0 Å². The first-order valence-corrected chi connectivity index (χ1v) is 11.0. The second-order valence-corrected chi connectivity index (χ2v) is 7.98. The van der Waals surface area contributed by atoms with E-state index in [9.17, 15) is 4.79 Å². The van der Waals surface area contributed by atoms with Gasteiger partial charge >= 0.3 is 0 Å². The van der Waals surface area contributed by atoms with Crippen LogP contribution < -0.4 is 5.32 Å². The summed E-state index contributed by atoms with van der Waals surface area (Å²) >= 11 is 0. The summed E-state index contributed by atoms with van der Waals surface area (Å²) in [6.45, 7) is 8.45. The first-order chi connectivity index (χ1) is 14.5. The Balaban J connectivity index is 0.000000335. The van der Waals surface area contributed by atoms with Crippen molar-refractivity contribution in [2.45, 2.75) is 59.8 Å². The first-order valence-electron chi connectivity index (χ1n) is 11.0. The molecule has 158 valence electrons. The number of carbonyl (C=O) groups excluding carboxylic acids is 1. The number of aryl methyl sites for hydroxylation is 4. The lowest BCUT2D eigenvalue weighted by atomic mass is 10.0. The van der Waals surface area contributed by atoms with E-state index in [4.69, 9.17) is 0 Å². The van der Waals surface area contributed by atoms with E-state index in [1.165, 1.54) is 47.9 Å². The van der Waals surface area contributed by atoms with Crippen molar-refractivity contribution < 1.29 is 4.79 Å². The summed E-state index contributed by atoms with van der Waals surface area (Å²) < 4.78 is 0. The van der Waals surface area contributed by atoms with Crippen molar-refractivity contribution in [1.29, 1.82) is 0 Å². The molecule has 0 bridgehead atoms. The lowest BCUT2D eigenvalue weighted by molar-refractivity contribution is 0.102. The fraction of sp³-hybridized carbons (Fsp3) is 0.321. The zero-order chi connectivity index (χ0) is 21.8. The molecule has 0 heterocycles. The van der Waals surface area contributed by atoms with Gasteiger partial charge in [-0.15, -0.1) is 0 Å². The van der Waals surface area contributed by atoms with Gasteiger partial charge in [0.05, 0.1) is 0 Å². The molecule has 3 aromatic rings. The van der Waals surface area contributed by atoms with Crippen molar-refractivity contribution in [3.8, 4) is 0 Å². The van der Waals surface area contributed by atoms with Gasteiger partial charge in [0.15, 0.2) is 0 Å². The lowest BCUT2D eigenvalue weighted by Gasteiger charge is -2.07. The third-order valence-electron chi connectivity index (χ3n) is 5.06. The van der Waals surface area contributed by atoms with E-state index in [0.717, 1.165) is 12.1 Å². The van der Waals surface area contributed by atoms with Gasteiger partial charge in [0, 0.05) is 11.3 Å². The van der Waals surface area contributed by atoms with Gasteiger partial charge in [-0.25, -0.2) is 0 Å². The van der Waals surface area contributed by atoms with Crippen molar-refractivity contribution in [2.24, 2.45) is 0 Å². The van der Waals surface area contributed by atoms with Crippen LogP contribution >= 0.6 is 0 Å². The van der Waals surface area contributed by atoms with Gasteiger partial charge in [-0.05, 0) is 63.4 Å². The molecule has 0 aliphatic carbocycles. The Morgan fingerprint density at radius 1 is 0.667 bits per heavy atom. The maximum Gasteiger partial charge on any atom is 0.255 e. The molecule has 1 amide bonds. The summed E-state index contributed by atoms with van der Waals surface area (Å²) in [6, 6.07) is 24.3. The fourth-order valence-corrected chi connectivity index (χ4v) is 3.06. The van der Waals surface area contributed by atoms with E-state index < -0.39 is 0 Å². The molecule has 0 saturated heterocycles. The van der Waals surface area contributed by atoms with E-state index in [1.54, 1.807) is 0 Å². The van der Waals surface area contributed by atoms with Crippen LogP contribution in [-0.4, -0.2) is 5.91 Å². The van der Waals surface area contributed by atoms with E-state index >= 15 is 0 Å². The summed E-state index contributed by atoms with van der Waals surface area (Å²) in [7, 11) is 0. The van der Waals surface area contributed by atoms with Crippen LogP contribution in [0.3, 0.4) is 0 Å². The van der Waals surface area contributed by atoms with E-state index in [0.29, 0.717) is 5.56 Å². The molecule has 0 radical (unpaired) electrons. The number of anilines is 1. The third-order valence-corrected chi connectivity index (χ3v) is 5.06. The van der Waals surface area contributed by atoms with Crippen molar-refractivity contribution in [1.82, 2.24) is 0 Å². The number of hydrogen-bond acceptors (Lipinski definition) is 1. The Hall–Kier alpha value is -2.87. The van der Waals surface area contributed by atoms with Crippen molar-refractivity contribution in [3.05, 3.63) is 101 Å². The lowest BCUT2D eigenvalue weighted by Crippen LogP contribution is -2.11. The van der Waals surface area contributed by atoms with Crippen molar-refractivity contribution in [3.63, 3.8) is 0 Å². The molecule has 0 aliphatic heterocycles. The zero-order valence-electron chi connectivity index (χ0n) is 18.9. The number of hydrogen-bond donors (Lipinski definition) is 1. The molecule has 0 aromatic heterocycles. The van der Waals surface area contributed by atoms with Crippen molar-refractivity contribution >= 4 is 11.6 Å². The second-order valence-electron chi connectivity index (χ2n) is 7.98. The number of unbranched alkanes of at least 4 members (excludes halogenated alkanes) is 3. The monoisotopic (exact) mass is 401 g/mol. The van der Waals surface area contributed by atoms with Gasteiger partial charge in [-0.3, -0.25) is 4.79 Å². The highest BCUT2D eigenvalue weighted by Crippen LogP contribution is 2.13. The zero-order valence-corrected chi connectivity index (χ0v) is 18.9. The molecule has 0 saturated carbocycles. The summed E-state index contributed by atoms with van der Waals surface area (Å²) in [6.07, 6.45) is 6.17. The molecule has 2 nitrogen and oxygen atoms in total. The van der Waals surface area contributed by atoms with Gasteiger partial charge in [0.25, 0.3) is 5.91 Å². The van der Waals surface area contributed by atoms with Gasteiger partial charge < -0.3 is 5.32 Å². The Morgan fingerprint density at radius 2 is 1.17 bits per heavy atom. The van der Waals surface area contributed by atoms with Gasteiger partial charge in [0.2, 0.25) is 0 Å². The minimum Gasteiger partial charge on any atom is -0.322 e. The van der Waals surface area contributed by atoms with Crippen molar-refractivity contribution in [2.75, 3.05) is 5.32 Å². The van der Waals surface area contributed by atoms with E-state index in [2.05, 4.69) is 62.5 Å². The number of benzene rings is 3. The predicted octanol–water partition coefficient (Wildman–Crippen LogP) is 7.67. The Labute approximate surface area is 182 Å². The average Bonchev–Trinajstić information content (AvgIpc) is 2.76. The normalized spacial score (nSPS) is 10.1. The summed E-state index contributed by atoms with van der Waals surface area (Å²) in [5.74, 6) is -0.0543. The van der Waals surface area contributed by atoms with Gasteiger partial charge in [-0.1, -0.05) is 91.4 Å². The third kappa shape index (κ3) is 8.65. The largest absolute Gasteiger partial charge is 0.322 e. The van der Waals surface area contributed by atoms with E-state index in [-0.39, 0.29) is 5.91 Å². The van der Waals surface area contributed by atoms with Crippen LogP contribution in [0, 0.1) is 20.8 Å². The topological polar surface area (TPSA) is 29.1 Å². The molecule has 0 unspecified atom stereocenters. The SMILES string of the molecule is CCCCCCc1ccc(C(=O)Nc2ccc(C)cc2)cc1.Cc1ccc(C)cc1. The van der Waals surface area contributed by atoms with Crippen LogP contribution in [0.15, 0.2) is 72.8 Å². The minimum atomic E-state index is -0.0543. The number of rotatable bonds is 7. The maximum absolute atomic E-state index is 12.2. The number of carbonyl (C=O) groups is 1. The fourth-order valence-electron chi connectivity index (χ4n) is 3.06. The van der Waals surface area contributed by atoms with Crippen LogP contribution in [0.5, 0.6) is 0 Å². The Morgan fingerprint density at radius 3 is 1.67 bits per heavy atom. The van der Waals surface area contributed by atoms with Crippen LogP contribution in [0.2, 0.25) is 0 Å². The number of nitrogens with one attached hydrogen (secondary N) is 1. The Bertz CT molecular complexity index is 856. The molecule has 30 heavy (non-hydrogen) atoms. The highest BCUT2D eigenvalue weighted by molar-refractivity contribution is 6.04. The smallest absolute Gasteiger partial charge is 0.255 e. The highest BCUT2D eigenvalue weighted by atomic mass is 16.1. The molecule has 3 rings (SSSR count). The molecule has 0 aliphatic rings. The molecule has 2 heteroatoms. The van der Waals surface area contributed by atoms with E-state index in [1.807, 2.05) is 43.3 Å². The van der Waals surface area contributed by atoms with Crippen LogP contribution in [0.25, 0.3) is 0 Å². The quantitative estimate of drug-likeness (QED) is 0.404. The predicted molar refractivity (Wildman–Crippen MR) is 129 cm³/mol. The molecular formula is C28H35NO. The first kappa shape index (κ1) is 23.4. The summed E-state index contributed by atoms with van der Waals surface area (Å²) in [5, 5.41) is 2.93. The molecule has 0 atom stereocenters. The van der Waals surface area contributed by atoms with Gasteiger partial charge in [0.1, 0.15) is 0 Å². The summed E-state index contributed by atoms with van der Waals surface area (Å²) in [5.41, 5.74) is 6.69.